The minimum absolute atomic E-state index is 0.209. The van der Waals surface area contributed by atoms with Crippen molar-refractivity contribution in [1.29, 1.82) is 0 Å². The molecule has 0 spiro atoms. The fraction of sp³-hybridized carbons (Fsp3) is 0.882. The number of amides is 2. The summed E-state index contributed by atoms with van der Waals surface area (Å²) in [6.07, 6.45) is 5.67. The van der Waals surface area contributed by atoms with Crippen LogP contribution in [0.4, 0.5) is 4.79 Å². The predicted octanol–water partition coefficient (Wildman–Crippen LogP) is 3.04. The number of hydrogen-bond donors (Lipinski definition) is 0. The third-order valence-corrected chi connectivity index (χ3v) is 4.49. The van der Waals surface area contributed by atoms with Gasteiger partial charge in [-0.1, -0.05) is 0 Å². The van der Waals surface area contributed by atoms with Crippen LogP contribution >= 0.6 is 0 Å². The highest BCUT2D eigenvalue weighted by molar-refractivity contribution is 5.76. The Morgan fingerprint density at radius 1 is 1.00 bits per heavy atom. The molecule has 0 radical (unpaired) electrons. The highest BCUT2D eigenvalue weighted by Crippen LogP contribution is 2.24. The van der Waals surface area contributed by atoms with Gasteiger partial charge in [-0.25, -0.2) is 4.79 Å². The molecular formula is C17H30N2O3. The van der Waals surface area contributed by atoms with Gasteiger partial charge >= 0.3 is 6.09 Å². The van der Waals surface area contributed by atoms with Gasteiger partial charge in [-0.05, 0) is 58.8 Å². The topological polar surface area (TPSA) is 49.9 Å². The van der Waals surface area contributed by atoms with Crippen molar-refractivity contribution in [2.24, 2.45) is 5.92 Å². The highest BCUT2D eigenvalue weighted by atomic mass is 16.6. The molecular weight excluding hydrogens is 280 g/mol. The molecule has 0 N–H and O–H groups in total. The minimum Gasteiger partial charge on any atom is -0.444 e. The quantitative estimate of drug-likeness (QED) is 0.805. The van der Waals surface area contributed by atoms with Gasteiger partial charge in [0.1, 0.15) is 5.60 Å². The van der Waals surface area contributed by atoms with Crippen molar-refractivity contribution in [3.05, 3.63) is 0 Å². The summed E-state index contributed by atoms with van der Waals surface area (Å²) in [6, 6.07) is 0. The second-order valence-electron chi connectivity index (χ2n) is 7.54. The lowest BCUT2D eigenvalue weighted by atomic mass is 9.92. The van der Waals surface area contributed by atoms with Gasteiger partial charge in [0.25, 0.3) is 0 Å². The molecule has 0 aromatic heterocycles. The Kier molecular flexibility index (Phi) is 5.70. The van der Waals surface area contributed by atoms with Gasteiger partial charge in [0.05, 0.1) is 0 Å². The molecule has 0 atom stereocenters. The number of likely N-dealkylation sites (tertiary alicyclic amines) is 2. The van der Waals surface area contributed by atoms with E-state index in [1.54, 1.807) is 4.90 Å². The van der Waals surface area contributed by atoms with E-state index in [0.717, 1.165) is 58.3 Å². The average molecular weight is 310 g/mol. The standard InChI is InChI=1S/C17H30N2O3/c1-17(2,3)22-16(21)19-12-8-14(9-13-19)6-7-15(20)18-10-4-5-11-18/h14H,4-13H2,1-3H3. The summed E-state index contributed by atoms with van der Waals surface area (Å²) < 4.78 is 5.40. The first kappa shape index (κ1) is 17.1. The first-order valence-electron chi connectivity index (χ1n) is 8.61. The molecule has 2 amide bonds. The Labute approximate surface area is 134 Å². The molecule has 0 aliphatic carbocycles. The van der Waals surface area contributed by atoms with E-state index in [9.17, 15) is 9.59 Å². The Morgan fingerprint density at radius 2 is 1.59 bits per heavy atom. The van der Waals surface area contributed by atoms with Crippen LogP contribution in [0.25, 0.3) is 0 Å². The van der Waals surface area contributed by atoms with Crippen LogP contribution in [0.3, 0.4) is 0 Å². The molecule has 0 aromatic rings. The Hall–Kier alpha value is -1.26. The van der Waals surface area contributed by atoms with E-state index in [1.165, 1.54) is 0 Å². The summed E-state index contributed by atoms with van der Waals surface area (Å²) >= 11 is 0. The molecule has 0 unspecified atom stereocenters. The maximum atomic E-state index is 12.1. The van der Waals surface area contributed by atoms with E-state index in [4.69, 9.17) is 4.74 Å². The van der Waals surface area contributed by atoms with Crippen molar-refractivity contribution in [2.75, 3.05) is 26.2 Å². The molecule has 126 valence electrons. The van der Waals surface area contributed by atoms with Crippen LogP contribution in [0.5, 0.6) is 0 Å². The summed E-state index contributed by atoms with van der Waals surface area (Å²) in [5, 5.41) is 0. The molecule has 2 fully saturated rings. The van der Waals surface area contributed by atoms with Crippen molar-refractivity contribution in [2.45, 2.75) is 64.9 Å². The van der Waals surface area contributed by atoms with Crippen LogP contribution in [0.15, 0.2) is 0 Å². The van der Waals surface area contributed by atoms with Crippen LogP contribution in [-0.2, 0) is 9.53 Å². The van der Waals surface area contributed by atoms with Crippen LogP contribution < -0.4 is 0 Å². The monoisotopic (exact) mass is 310 g/mol. The molecule has 0 aromatic carbocycles. The van der Waals surface area contributed by atoms with Crippen LogP contribution in [0.1, 0.15) is 59.3 Å². The lowest BCUT2D eigenvalue weighted by Crippen LogP contribution is -2.41. The number of ether oxygens (including phenoxy) is 1. The molecule has 2 heterocycles. The van der Waals surface area contributed by atoms with E-state index >= 15 is 0 Å². The third-order valence-electron chi connectivity index (χ3n) is 4.49. The zero-order valence-electron chi connectivity index (χ0n) is 14.3. The summed E-state index contributed by atoms with van der Waals surface area (Å²) in [5.41, 5.74) is -0.434. The first-order valence-corrected chi connectivity index (χ1v) is 8.61. The van der Waals surface area contributed by atoms with Crippen molar-refractivity contribution < 1.29 is 14.3 Å². The summed E-state index contributed by atoms with van der Waals surface area (Å²) in [5.74, 6) is 0.873. The number of piperidine rings is 1. The minimum atomic E-state index is -0.434. The third kappa shape index (κ3) is 5.18. The fourth-order valence-electron chi connectivity index (χ4n) is 3.18. The van der Waals surface area contributed by atoms with Gasteiger partial charge in [-0.2, -0.15) is 0 Å². The summed E-state index contributed by atoms with van der Waals surface area (Å²) in [4.78, 5) is 27.9. The highest BCUT2D eigenvalue weighted by Gasteiger charge is 2.27. The lowest BCUT2D eigenvalue weighted by Gasteiger charge is -2.33. The van der Waals surface area contributed by atoms with Gasteiger partial charge < -0.3 is 14.5 Å². The fourth-order valence-corrected chi connectivity index (χ4v) is 3.18. The van der Waals surface area contributed by atoms with Gasteiger partial charge in [0, 0.05) is 32.6 Å². The number of nitrogens with zero attached hydrogens (tertiary/aromatic N) is 2. The van der Waals surface area contributed by atoms with E-state index in [-0.39, 0.29) is 6.09 Å². The van der Waals surface area contributed by atoms with Crippen LogP contribution in [0, 0.1) is 5.92 Å². The SMILES string of the molecule is CC(C)(C)OC(=O)N1CCC(CCC(=O)N2CCCC2)CC1. The zero-order chi connectivity index (χ0) is 16.2. The molecule has 2 aliphatic heterocycles. The van der Waals surface area contributed by atoms with E-state index < -0.39 is 5.60 Å². The molecule has 5 heteroatoms. The Bertz CT molecular complexity index is 389. The molecule has 0 saturated carbocycles. The number of carbonyl (C=O) groups is 2. The van der Waals surface area contributed by atoms with Gasteiger partial charge in [0.15, 0.2) is 0 Å². The number of carbonyl (C=O) groups excluding carboxylic acids is 2. The van der Waals surface area contributed by atoms with Gasteiger partial charge in [0.2, 0.25) is 5.91 Å². The molecule has 22 heavy (non-hydrogen) atoms. The number of hydrogen-bond acceptors (Lipinski definition) is 3. The average Bonchev–Trinajstić information content (AvgIpc) is 2.97. The first-order chi connectivity index (χ1) is 10.3. The van der Waals surface area contributed by atoms with Crippen LogP contribution in [-0.4, -0.2) is 53.6 Å². The van der Waals surface area contributed by atoms with Crippen molar-refractivity contribution in [1.82, 2.24) is 9.80 Å². The van der Waals surface area contributed by atoms with Crippen molar-refractivity contribution >= 4 is 12.0 Å². The van der Waals surface area contributed by atoms with E-state index in [1.807, 2.05) is 25.7 Å². The zero-order valence-corrected chi connectivity index (χ0v) is 14.3. The molecule has 5 nitrogen and oxygen atoms in total. The predicted molar refractivity (Wildman–Crippen MR) is 85.6 cm³/mol. The molecule has 2 saturated heterocycles. The van der Waals surface area contributed by atoms with E-state index in [0.29, 0.717) is 18.2 Å². The summed E-state index contributed by atoms with van der Waals surface area (Å²) in [6.45, 7) is 9.05. The molecule has 2 rings (SSSR count). The normalized spacial score (nSPS) is 20.3. The van der Waals surface area contributed by atoms with Crippen molar-refractivity contribution in [3.63, 3.8) is 0 Å². The van der Waals surface area contributed by atoms with Crippen molar-refractivity contribution in [3.8, 4) is 0 Å². The largest absolute Gasteiger partial charge is 0.444 e. The number of rotatable bonds is 3. The molecule has 2 aliphatic rings. The van der Waals surface area contributed by atoms with E-state index in [2.05, 4.69) is 0 Å². The lowest BCUT2D eigenvalue weighted by molar-refractivity contribution is -0.130. The van der Waals surface area contributed by atoms with Gasteiger partial charge in [-0.15, -0.1) is 0 Å². The second-order valence-corrected chi connectivity index (χ2v) is 7.54. The molecule has 0 bridgehead atoms. The second kappa shape index (κ2) is 7.34. The summed E-state index contributed by atoms with van der Waals surface area (Å²) in [7, 11) is 0. The maximum absolute atomic E-state index is 12.1. The smallest absolute Gasteiger partial charge is 0.410 e. The van der Waals surface area contributed by atoms with Crippen LogP contribution in [0.2, 0.25) is 0 Å². The van der Waals surface area contributed by atoms with Gasteiger partial charge in [-0.3, -0.25) is 4.79 Å². The Morgan fingerprint density at radius 3 is 2.14 bits per heavy atom. The maximum Gasteiger partial charge on any atom is 0.410 e. The Balaban J connectivity index is 1.66.